The Kier molecular flexibility index (Phi) is 9.75. The van der Waals surface area contributed by atoms with Crippen LogP contribution in [0.4, 0.5) is 17.1 Å². The zero-order chi connectivity index (χ0) is 34.8. The van der Waals surface area contributed by atoms with Crippen LogP contribution >= 0.6 is 0 Å². The molecule has 0 saturated carbocycles. The van der Waals surface area contributed by atoms with Gasteiger partial charge in [0.15, 0.2) is 5.60 Å². The van der Waals surface area contributed by atoms with Crippen molar-refractivity contribution in [2.24, 2.45) is 5.92 Å². The number of fused-ring (bicyclic) bond motifs is 2. The van der Waals surface area contributed by atoms with Crippen molar-refractivity contribution < 1.29 is 29.0 Å². The van der Waals surface area contributed by atoms with Gasteiger partial charge in [0.05, 0.1) is 31.4 Å². The largest absolute Gasteiger partial charge is 0.395 e. The van der Waals surface area contributed by atoms with Crippen molar-refractivity contribution in [3.05, 3.63) is 89.5 Å². The second-order valence-corrected chi connectivity index (χ2v) is 14.1. The summed E-state index contributed by atoms with van der Waals surface area (Å²) >= 11 is 0. The predicted molar refractivity (Wildman–Crippen MR) is 190 cm³/mol. The van der Waals surface area contributed by atoms with Crippen molar-refractivity contribution in [3.8, 4) is 0 Å². The molecule has 262 valence electrons. The summed E-state index contributed by atoms with van der Waals surface area (Å²) in [4.78, 5) is 61.0. The summed E-state index contributed by atoms with van der Waals surface area (Å²) in [5.74, 6) is -0.345. The van der Waals surface area contributed by atoms with Crippen LogP contribution in [0.25, 0.3) is 0 Å². The average molecular weight is 679 g/mol. The van der Waals surface area contributed by atoms with Crippen LogP contribution in [-0.4, -0.2) is 66.0 Å². The maximum Gasteiger partial charge on any atom is 0.264 e. The number of carbonyl (C=O) groups excluding carboxylic acids is 4. The fourth-order valence-corrected chi connectivity index (χ4v) is 8.17. The summed E-state index contributed by atoms with van der Waals surface area (Å²) < 4.78 is 6.81. The fourth-order valence-electron chi connectivity index (χ4n) is 8.17. The minimum absolute atomic E-state index is 0.0740. The van der Waals surface area contributed by atoms with Gasteiger partial charge in [-0.05, 0) is 73.6 Å². The lowest BCUT2D eigenvalue weighted by Gasteiger charge is -2.30. The van der Waals surface area contributed by atoms with Crippen molar-refractivity contribution in [1.29, 1.82) is 0 Å². The van der Waals surface area contributed by atoms with Gasteiger partial charge in [0.2, 0.25) is 17.7 Å². The van der Waals surface area contributed by atoms with Gasteiger partial charge in [-0.3, -0.25) is 19.2 Å². The first-order valence-electron chi connectivity index (χ1n) is 18.0. The fraction of sp³-hybridized carbons (Fsp3) is 0.450. The number of piperidine rings is 2. The third-order valence-corrected chi connectivity index (χ3v) is 10.8. The lowest BCUT2D eigenvalue weighted by Crippen LogP contribution is -2.44. The first-order valence-corrected chi connectivity index (χ1v) is 18.0. The van der Waals surface area contributed by atoms with E-state index in [1.165, 1.54) is 0 Å². The monoisotopic (exact) mass is 678 g/mol. The highest BCUT2D eigenvalue weighted by atomic mass is 16.5. The molecule has 4 aliphatic rings. The summed E-state index contributed by atoms with van der Waals surface area (Å²) in [6.07, 6.45) is 4.84. The van der Waals surface area contributed by atoms with Crippen LogP contribution in [0, 0.1) is 5.92 Å². The normalized spacial score (nSPS) is 23.6. The van der Waals surface area contributed by atoms with E-state index in [1.54, 1.807) is 9.80 Å². The first kappa shape index (κ1) is 33.9. The van der Waals surface area contributed by atoms with E-state index >= 15 is 0 Å². The number of hydrogen-bond donors (Lipinski definition) is 1. The summed E-state index contributed by atoms with van der Waals surface area (Å²) in [6, 6.07) is 23.3. The summed E-state index contributed by atoms with van der Waals surface area (Å²) in [5, 5.41) is 9.75. The molecule has 4 heterocycles. The Morgan fingerprint density at radius 1 is 0.860 bits per heavy atom. The topological polar surface area (TPSA) is 111 Å². The van der Waals surface area contributed by atoms with Crippen LogP contribution in [0.1, 0.15) is 75.0 Å². The molecule has 50 heavy (non-hydrogen) atoms. The van der Waals surface area contributed by atoms with Gasteiger partial charge in [0, 0.05) is 61.9 Å². The molecule has 4 aliphatic heterocycles. The van der Waals surface area contributed by atoms with E-state index in [2.05, 4.69) is 0 Å². The zero-order valence-corrected chi connectivity index (χ0v) is 28.8. The molecule has 1 spiro atoms. The standard InChI is InChI=1S/C40H46N4O6/c1-28-23-33(25-38(48)41(21-22-45)26-29-9-3-2-4-10-29)50-40(28)34-24-32(43-20-8-6-12-37(43)47)17-18-35(34)44(39(40)49)27-30-13-15-31(16-14-30)42-19-7-5-11-36(42)46/h2-4,9-10,13-18,24,28,33,45H,5-8,11-12,19-23,25-27H2,1H3/t28-,33-,40+/m1/s1. The molecule has 0 unspecified atom stereocenters. The molecule has 7 rings (SSSR count). The Morgan fingerprint density at radius 2 is 1.52 bits per heavy atom. The van der Waals surface area contributed by atoms with Gasteiger partial charge in [0.1, 0.15) is 0 Å². The van der Waals surface area contributed by atoms with Crippen LogP contribution in [0.15, 0.2) is 72.8 Å². The lowest BCUT2D eigenvalue weighted by atomic mass is 9.82. The molecule has 3 atom stereocenters. The Labute approximate surface area is 293 Å². The molecule has 4 amide bonds. The summed E-state index contributed by atoms with van der Waals surface area (Å²) in [7, 11) is 0. The molecule has 1 N–H and O–H groups in total. The van der Waals surface area contributed by atoms with Gasteiger partial charge in [-0.15, -0.1) is 0 Å². The smallest absolute Gasteiger partial charge is 0.264 e. The second kappa shape index (κ2) is 14.4. The Morgan fingerprint density at radius 3 is 2.18 bits per heavy atom. The Balaban J connectivity index is 1.17. The Bertz CT molecular complexity index is 1750. The summed E-state index contributed by atoms with van der Waals surface area (Å²) in [5.41, 5.74) is 3.67. The van der Waals surface area contributed by atoms with Crippen molar-refractivity contribution in [3.63, 3.8) is 0 Å². The van der Waals surface area contributed by atoms with Crippen LogP contribution in [0.3, 0.4) is 0 Å². The van der Waals surface area contributed by atoms with Gasteiger partial charge in [-0.1, -0.05) is 49.4 Å². The van der Waals surface area contributed by atoms with Crippen molar-refractivity contribution in [2.75, 3.05) is 40.9 Å². The molecule has 10 heteroatoms. The number of amides is 4. The van der Waals surface area contributed by atoms with Crippen LogP contribution < -0.4 is 14.7 Å². The van der Waals surface area contributed by atoms with Gasteiger partial charge >= 0.3 is 0 Å². The third kappa shape index (κ3) is 6.42. The number of anilines is 3. The van der Waals surface area contributed by atoms with Gasteiger partial charge in [-0.25, -0.2) is 0 Å². The maximum atomic E-state index is 14.8. The van der Waals surface area contributed by atoms with E-state index in [9.17, 15) is 24.3 Å². The maximum absolute atomic E-state index is 14.8. The molecule has 0 bridgehead atoms. The van der Waals surface area contributed by atoms with E-state index in [-0.39, 0.29) is 49.1 Å². The molecule has 3 aromatic carbocycles. The predicted octanol–water partition coefficient (Wildman–Crippen LogP) is 5.30. The molecule has 3 aromatic rings. The summed E-state index contributed by atoms with van der Waals surface area (Å²) in [6.45, 7) is 4.08. The number of aliphatic hydroxyl groups is 1. The lowest BCUT2D eigenvalue weighted by molar-refractivity contribution is -0.150. The van der Waals surface area contributed by atoms with E-state index in [0.29, 0.717) is 45.4 Å². The minimum Gasteiger partial charge on any atom is -0.395 e. The number of aliphatic hydroxyl groups excluding tert-OH is 1. The average Bonchev–Trinajstić information content (AvgIpc) is 3.57. The highest BCUT2D eigenvalue weighted by molar-refractivity contribution is 6.08. The quantitative estimate of drug-likeness (QED) is 0.312. The number of rotatable bonds is 10. The molecule has 0 radical (unpaired) electrons. The number of hydrogen-bond acceptors (Lipinski definition) is 6. The van der Waals surface area contributed by atoms with Crippen molar-refractivity contribution in [2.45, 2.75) is 83.1 Å². The molecule has 10 nitrogen and oxygen atoms in total. The van der Waals surface area contributed by atoms with E-state index in [0.717, 1.165) is 59.4 Å². The number of carbonyl (C=O) groups is 4. The highest BCUT2D eigenvalue weighted by Crippen LogP contribution is 2.55. The van der Waals surface area contributed by atoms with E-state index < -0.39 is 11.7 Å². The number of benzene rings is 3. The highest BCUT2D eigenvalue weighted by Gasteiger charge is 2.60. The minimum atomic E-state index is -1.31. The van der Waals surface area contributed by atoms with E-state index in [4.69, 9.17) is 4.74 Å². The molecule has 3 saturated heterocycles. The van der Waals surface area contributed by atoms with Crippen LogP contribution in [0.5, 0.6) is 0 Å². The Hall–Kier alpha value is -4.54. The first-order chi connectivity index (χ1) is 24.3. The second-order valence-electron chi connectivity index (χ2n) is 14.1. The van der Waals surface area contributed by atoms with Crippen LogP contribution in [-0.2, 0) is 42.6 Å². The molecule has 3 fully saturated rings. The van der Waals surface area contributed by atoms with Gasteiger partial charge < -0.3 is 29.4 Å². The SMILES string of the molecule is C[C@@H]1C[C@H](CC(=O)N(CCO)Cc2ccccc2)O[C@@]12C(=O)N(Cc1ccc(N3CCCCC3=O)cc1)c1ccc(N3CCCCC3=O)cc12. The zero-order valence-electron chi connectivity index (χ0n) is 28.8. The molecular weight excluding hydrogens is 632 g/mol. The van der Waals surface area contributed by atoms with E-state index in [1.807, 2.05) is 89.5 Å². The van der Waals surface area contributed by atoms with Crippen molar-refractivity contribution in [1.82, 2.24) is 4.90 Å². The third-order valence-electron chi connectivity index (χ3n) is 10.8. The molecule has 0 aliphatic carbocycles. The van der Waals surface area contributed by atoms with Gasteiger partial charge in [-0.2, -0.15) is 0 Å². The van der Waals surface area contributed by atoms with Gasteiger partial charge in [0.25, 0.3) is 5.91 Å². The molecular formula is C40H46N4O6. The molecule has 0 aromatic heterocycles. The van der Waals surface area contributed by atoms with Crippen molar-refractivity contribution >= 4 is 40.7 Å². The number of nitrogens with zero attached hydrogens (tertiary/aromatic N) is 4. The van der Waals surface area contributed by atoms with Crippen LogP contribution in [0.2, 0.25) is 0 Å². The number of ether oxygens (including phenoxy) is 1.